The second-order valence-corrected chi connectivity index (χ2v) is 9.24. The fourth-order valence-corrected chi connectivity index (χ4v) is 4.03. The van der Waals surface area contributed by atoms with Crippen LogP contribution in [0.1, 0.15) is 35.8 Å². The van der Waals surface area contributed by atoms with Crippen molar-refractivity contribution in [3.63, 3.8) is 0 Å². The second kappa shape index (κ2) is 8.61. The van der Waals surface area contributed by atoms with Gasteiger partial charge < -0.3 is 14.8 Å². The van der Waals surface area contributed by atoms with Crippen LogP contribution in [0.3, 0.4) is 0 Å². The number of sulfonamides is 1. The van der Waals surface area contributed by atoms with Crippen LogP contribution in [0.25, 0.3) is 0 Å². The number of ether oxygens (including phenoxy) is 2. The number of fused-ring (bicyclic) bond motifs is 1. The summed E-state index contributed by atoms with van der Waals surface area (Å²) in [6.07, 6.45) is 0. The van der Waals surface area contributed by atoms with Crippen LogP contribution in [0.4, 0.5) is 0 Å². The molecule has 1 heterocycles. The molecule has 29 heavy (non-hydrogen) atoms. The molecule has 9 heteroatoms. The lowest BCUT2D eigenvalue weighted by atomic mass is 9.95. The first-order valence-electron chi connectivity index (χ1n) is 9.16. The lowest BCUT2D eigenvalue weighted by Gasteiger charge is -2.25. The van der Waals surface area contributed by atoms with Crippen LogP contribution in [-0.4, -0.2) is 34.6 Å². The summed E-state index contributed by atoms with van der Waals surface area (Å²) < 4.78 is 37.5. The molecule has 1 unspecified atom stereocenters. The Bertz CT molecular complexity index is 1020. The molecule has 1 aliphatic heterocycles. The number of carbonyl (C=O) groups excluding carboxylic acids is 1. The van der Waals surface area contributed by atoms with Gasteiger partial charge in [0.2, 0.25) is 10.0 Å². The first kappa shape index (κ1) is 21.4. The van der Waals surface area contributed by atoms with Crippen LogP contribution in [0.15, 0.2) is 41.3 Å². The van der Waals surface area contributed by atoms with Gasteiger partial charge in [-0.2, -0.15) is 0 Å². The van der Waals surface area contributed by atoms with E-state index < -0.39 is 15.9 Å². The minimum Gasteiger partial charge on any atom is -0.486 e. The molecule has 7 nitrogen and oxygen atoms in total. The van der Waals surface area contributed by atoms with Crippen LogP contribution < -0.4 is 19.5 Å². The molecule has 156 valence electrons. The molecular weight excluding hydrogens is 416 g/mol. The summed E-state index contributed by atoms with van der Waals surface area (Å²) in [7, 11) is -2.39. The van der Waals surface area contributed by atoms with Crippen LogP contribution >= 0.6 is 11.6 Å². The Morgan fingerprint density at radius 3 is 2.41 bits per heavy atom. The van der Waals surface area contributed by atoms with Crippen molar-refractivity contribution in [2.24, 2.45) is 5.92 Å². The number of nitrogens with one attached hydrogen (secondary N) is 2. The van der Waals surface area contributed by atoms with Crippen LogP contribution in [0.2, 0.25) is 5.02 Å². The normalized spacial score (nSPS) is 14.5. The summed E-state index contributed by atoms with van der Waals surface area (Å²) in [5, 5.41) is 3.13. The largest absolute Gasteiger partial charge is 0.486 e. The number of hydrogen-bond donors (Lipinski definition) is 2. The molecular formula is C20H23ClN2O5S. The lowest BCUT2D eigenvalue weighted by Crippen LogP contribution is -2.32. The third-order valence-corrected chi connectivity index (χ3v) is 6.38. The van der Waals surface area contributed by atoms with Crippen molar-refractivity contribution in [1.82, 2.24) is 10.0 Å². The predicted molar refractivity (Wildman–Crippen MR) is 110 cm³/mol. The Morgan fingerprint density at radius 1 is 1.07 bits per heavy atom. The van der Waals surface area contributed by atoms with Crippen LogP contribution in [-0.2, 0) is 10.0 Å². The molecule has 1 atom stereocenters. The minimum absolute atomic E-state index is 0.0324. The number of carbonyl (C=O) groups is 1. The second-order valence-electron chi connectivity index (χ2n) is 6.95. The molecule has 0 bridgehead atoms. The zero-order valence-corrected chi connectivity index (χ0v) is 17.9. The highest BCUT2D eigenvalue weighted by molar-refractivity contribution is 7.89. The molecule has 0 spiro atoms. The van der Waals surface area contributed by atoms with E-state index in [2.05, 4.69) is 10.0 Å². The SMILES string of the molecule is CNS(=O)(=O)c1ccc(Cl)c(C(=O)NC(c2ccc3c(c2)OCCO3)C(C)C)c1. The van der Waals surface area contributed by atoms with E-state index in [1.54, 1.807) is 0 Å². The quantitative estimate of drug-likeness (QED) is 0.722. The first-order chi connectivity index (χ1) is 13.7. The topological polar surface area (TPSA) is 93.7 Å². The van der Waals surface area contributed by atoms with E-state index in [0.29, 0.717) is 24.7 Å². The van der Waals surface area contributed by atoms with Gasteiger partial charge in [0.1, 0.15) is 13.2 Å². The highest BCUT2D eigenvalue weighted by Gasteiger charge is 2.24. The molecule has 0 aliphatic carbocycles. The maximum absolute atomic E-state index is 12.9. The third-order valence-electron chi connectivity index (χ3n) is 4.64. The Labute approximate surface area is 175 Å². The number of benzene rings is 2. The highest BCUT2D eigenvalue weighted by Crippen LogP contribution is 2.34. The van der Waals surface area contributed by atoms with Gasteiger partial charge in [-0.3, -0.25) is 4.79 Å². The predicted octanol–water partition coefficient (Wildman–Crippen LogP) is 3.15. The maximum atomic E-state index is 12.9. The van der Waals surface area contributed by atoms with Gasteiger partial charge in [-0.1, -0.05) is 31.5 Å². The monoisotopic (exact) mass is 438 g/mol. The fourth-order valence-electron chi connectivity index (χ4n) is 3.07. The van der Waals surface area contributed by atoms with Crippen LogP contribution in [0, 0.1) is 5.92 Å². The van der Waals surface area contributed by atoms with Crippen molar-refractivity contribution in [2.75, 3.05) is 20.3 Å². The summed E-state index contributed by atoms with van der Waals surface area (Å²) in [5.74, 6) is 0.900. The van der Waals surface area contributed by atoms with Gasteiger partial charge in [-0.05, 0) is 48.9 Å². The van der Waals surface area contributed by atoms with Gasteiger partial charge in [-0.15, -0.1) is 0 Å². The van der Waals surface area contributed by atoms with E-state index >= 15 is 0 Å². The lowest BCUT2D eigenvalue weighted by molar-refractivity contribution is 0.0925. The zero-order valence-electron chi connectivity index (χ0n) is 16.4. The molecule has 1 aliphatic rings. The molecule has 0 radical (unpaired) electrons. The van der Waals surface area contributed by atoms with Crippen LogP contribution in [0.5, 0.6) is 11.5 Å². The van der Waals surface area contributed by atoms with Gasteiger partial charge in [0.05, 0.1) is 21.5 Å². The fraction of sp³-hybridized carbons (Fsp3) is 0.350. The zero-order chi connectivity index (χ0) is 21.2. The number of hydrogen-bond acceptors (Lipinski definition) is 5. The van der Waals surface area contributed by atoms with Gasteiger partial charge in [0.15, 0.2) is 11.5 Å². The minimum atomic E-state index is -3.70. The number of amides is 1. The average molecular weight is 439 g/mol. The molecule has 2 aromatic rings. The molecule has 3 rings (SSSR count). The van der Waals surface area contributed by atoms with E-state index in [4.69, 9.17) is 21.1 Å². The van der Waals surface area contributed by atoms with Gasteiger partial charge >= 0.3 is 0 Å². The van der Waals surface area contributed by atoms with Crippen molar-refractivity contribution in [3.05, 3.63) is 52.5 Å². The van der Waals surface area contributed by atoms with Gasteiger partial charge in [-0.25, -0.2) is 13.1 Å². The Hall–Kier alpha value is -2.29. The van der Waals surface area contributed by atoms with E-state index in [-0.39, 0.29) is 27.4 Å². The van der Waals surface area contributed by atoms with Crippen molar-refractivity contribution >= 4 is 27.5 Å². The average Bonchev–Trinajstić information content (AvgIpc) is 2.71. The number of rotatable bonds is 6. The summed E-state index contributed by atoms with van der Waals surface area (Å²) in [5.41, 5.74) is 0.943. The summed E-state index contributed by atoms with van der Waals surface area (Å²) in [6.45, 7) is 4.93. The van der Waals surface area contributed by atoms with Gasteiger partial charge in [0, 0.05) is 0 Å². The molecule has 2 N–H and O–H groups in total. The third kappa shape index (κ3) is 4.66. The summed E-state index contributed by atoms with van der Waals surface area (Å²) in [6, 6.07) is 9.23. The van der Waals surface area contributed by atoms with Crippen molar-refractivity contribution in [2.45, 2.75) is 24.8 Å². The molecule has 0 saturated carbocycles. The Morgan fingerprint density at radius 2 is 1.76 bits per heavy atom. The molecule has 1 amide bonds. The first-order valence-corrected chi connectivity index (χ1v) is 11.0. The molecule has 0 saturated heterocycles. The van der Waals surface area contributed by atoms with Crippen molar-refractivity contribution in [3.8, 4) is 11.5 Å². The highest BCUT2D eigenvalue weighted by atomic mass is 35.5. The molecule has 0 aromatic heterocycles. The molecule has 0 fully saturated rings. The van der Waals surface area contributed by atoms with E-state index in [9.17, 15) is 13.2 Å². The number of halogens is 1. The van der Waals surface area contributed by atoms with E-state index in [1.807, 2.05) is 32.0 Å². The van der Waals surface area contributed by atoms with Crippen molar-refractivity contribution in [1.29, 1.82) is 0 Å². The van der Waals surface area contributed by atoms with E-state index in [1.165, 1.54) is 25.2 Å². The van der Waals surface area contributed by atoms with E-state index in [0.717, 1.165) is 5.56 Å². The Balaban J connectivity index is 1.90. The summed E-state index contributed by atoms with van der Waals surface area (Å²) >= 11 is 6.18. The summed E-state index contributed by atoms with van der Waals surface area (Å²) in [4.78, 5) is 12.9. The standard InChI is InChI=1S/C20H23ClN2O5S/c1-12(2)19(13-4-7-17-18(10-13)28-9-8-27-17)23-20(24)15-11-14(5-6-16(15)21)29(25,26)22-3/h4-7,10-12,19,22H,8-9H2,1-3H3,(H,23,24). The smallest absolute Gasteiger partial charge is 0.253 e. The van der Waals surface area contributed by atoms with Crippen molar-refractivity contribution < 1.29 is 22.7 Å². The van der Waals surface area contributed by atoms with Gasteiger partial charge in [0.25, 0.3) is 5.91 Å². The Kier molecular flexibility index (Phi) is 6.36. The maximum Gasteiger partial charge on any atom is 0.253 e. The molecule has 2 aromatic carbocycles.